The van der Waals surface area contributed by atoms with Crippen LogP contribution in [-0.4, -0.2) is 86.9 Å². The van der Waals surface area contributed by atoms with E-state index in [2.05, 4.69) is 0 Å². The zero-order valence-corrected chi connectivity index (χ0v) is 28.8. The smallest absolute Gasteiger partial charge is 0.308 e. The molecule has 2 heterocycles. The van der Waals surface area contributed by atoms with Crippen LogP contribution in [0.25, 0.3) is 11.1 Å². The van der Waals surface area contributed by atoms with Gasteiger partial charge in [-0.05, 0) is 52.0 Å². The maximum absolute atomic E-state index is 14.2. The van der Waals surface area contributed by atoms with Crippen LogP contribution in [0.3, 0.4) is 0 Å². The Balaban J connectivity index is 1.39. The van der Waals surface area contributed by atoms with E-state index in [1.807, 2.05) is 0 Å². The van der Waals surface area contributed by atoms with Gasteiger partial charge in [0.2, 0.25) is 0 Å². The number of methoxy groups -OCH3 is 2. The van der Waals surface area contributed by atoms with Gasteiger partial charge in [-0.3, -0.25) is 28.8 Å². The van der Waals surface area contributed by atoms with Crippen molar-refractivity contribution in [1.29, 1.82) is 0 Å². The molecule has 0 saturated heterocycles. The third-order valence-electron chi connectivity index (χ3n) is 9.51. The van der Waals surface area contributed by atoms with Crippen molar-refractivity contribution in [2.75, 3.05) is 27.4 Å². The van der Waals surface area contributed by atoms with Crippen LogP contribution in [0.5, 0.6) is 11.5 Å². The molecule has 0 N–H and O–H groups in total. The largest absolute Gasteiger partial charge is 0.495 e. The predicted octanol–water partition coefficient (Wildman–Crippen LogP) is 4.98. The molecule has 12 nitrogen and oxygen atoms in total. The van der Waals surface area contributed by atoms with Crippen molar-refractivity contribution in [3.05, 3.63) is 68.8 Å². The second-order valence-corrected chi connectivity index (χ2v) is 12.5. The number of Topliss-reactive ketones (excluding diaryl/α,β-unsaturated/α-hetero) is 4. The van der Waals surface area contributed by atoms with Gasteiger partial charge in [0.25, 0.3) is 0 Å². The molecule has 2 aromatic rings. The lowest BCUT2D eigenvalue weighted by Gasteiger charge is -2.35. The van der Waals surface area contributed by atoms with Crippen LogP contribution in [-0.2, 0) is 28.5 Å². The summed E-state index contributed by atoms with van der Waals surface area (Å²) in [5, 5.41) is 0. The average molecular weight is 687 g/mol. The van der Waals surface area contributed by atoms with E-state index in [1.165, 1.54) is 26.4 Å². The van der Waals surface area contributed by atoms with E-state index < -0.39 is 47.9 Å². The Bertz CT molecular complexity index is 1780. The lowest BCUT2D eigenvalue weighted by molar-refractivity contribution is -0.148. The monoisotopic (exact) mass is 686 g/mol. The van der Waals surface area contributed by atoms with Crippen LogP contribution in [0.4, 0.5) is 0 Å². The highest BCUT2D eigenvalue weighted by molar-refractivity contribution is 6.30. The van der Waals surface area contributed by atoms with Gasteiger partial charge in [0.15, 0.2) is 23.1 Å². The van der Waals surface area contributed by atoms with Gasteiger partial charge in [0, 0.05) is 57.4 Å². The van der Waals surface area contributed by atoms with E-state index in [0.717, 1.165) is 0 Å². The number of carbonyl (C=O) groups excluding carboxylic acids is 6. The Labute approximate surface area is 288 Å². The highest BCUT2D eigenvalue weighted by atomic mass is 16.5. The van der Waals surface area contributed by atoms with Gasteiger partial charge in [0.05, 0.1) is 75.8 Å². The van der Waals surface area contributed by atoms with Crippen molar-refractivity contribution in [2.24, 2.45) is 0 Å². The van der Waals surface area contributed by atoms with Gasteiger partial charge in [-0.2, -0.15) is 0 Å². The van der Waals surface area contributed by atoms with Crippen LogP contribution in [0.15, 0.2) is 46.6 Å². The van der Waals surface area contributed by atoms with E-state index in [1.54, 1.807) is 39.8 Å². The molecule has 12 heteroatoms. The first-order valence-electron chi connectivity index (χ1n) is 16.6. The van der Waals surface area contributed by atoms with Gasteiger partial charge in [-0.25, -0.2) is 0 Å². The molecular formula is C38H38O12. The molecule has 0 aromatic heterocycles. The number of carbonyl (C=O) groups is 6. The molecule has 2 aromatic carbocycles. The van der Waals surface area contributed by atoms with Crippen LogP contribution < -0.4 is 9.47 Å². The van der Waals surface area contributed by atoms with Crippen LogP contribution in [0, 0.1) is 0 Å². The van der Waals surface area contributed by atoms with Crippen molar-refractivity contribution < 1.29 is 57.2 Å². The number of hydrogen-bond donors (Lipinski definition) is 0. The minimum Gasteiger partial charge on any atom is -0.495 e. The number of ether oxygens (including phenoxy) is 6. The molecule has 50 heavy (non-hydrogen) atoms. The van der Waals surface area contributed by atoms with E-state index >= 15 is 0 Å². The summed E-state index contributed by atoms with van der Waals surface area (Å²) in [6.45, 7) is 7.15. The molecule has 262 valence electrons. The lowest BCUT2D eigenvalue weighted by Crippen LogP contribution is -2.38. The van der Waals surface area contributed by atoms with Gasteiger partial charge in [0.1, 0.15) is 11.5 Å². The zero-order chi connectivity index (χ0) is 36.0. The zero-order valence-electron chi connectivity index (χ0n) is 28.8. The minimum atomic E-state index is -0.780. The maximum Gasteiger partial charge on any atom is 0.308 e. The summed E-state index contributed by atoms with van der Waals surface area (Å²) >= 11 is 0. The summed E-state index contributed by atoms with van der Waals surface area (Å²) in [4.78, 5) is 80.4. The molecule has 4 aliphatic rings. The number of ketones is 4. The second kappa shape index (κ2) is 13.8. The topological polar surface area (TPSA) is 158 Å². The van der Waals surface area contributed by atoms with Crippen LogP contribution >= 0.6 is 0 Å². The third-order valence-corrected chi connectivity index (χ3v) is 9.51. The fourth-order valence-electron chi connectivity index (χ4n) is 7.54. The second-order valence-electron chi connectivity index (χ2n) is 12.5. The number of benzene rings is 2. The predicted molar refractivity (Wildman–Crippen MR) is 177 cm³/mol. The first-order valence-corrected chi connectivity index (χ1v) is 16.6. The van der Waals surface area contributed by atoms with Crippen molar-refractivity contribution in [2.45, 2.75) is 77.8 Å². The summed E-state index contributed by atoms with van der Waals surface area (Å²) in [5.74, 6) is -2.34. The van der Waals surface area contributed by atoms with Gasteiger partial charge in [-0.15, -0.1) is 0 Å². The Hall–Kier alpha value is -4.94. The molecule has 0 spiro atoms. The fraction of sp³-hybridized carbons (Fsp3) is 0.421. The fourth-order valence-corrected chi connectivity index (χ4v) is 7.54. The van der Waals surface area contributed by atoms with Gasteiger partial charge in [-0.1, -0.05) is 0 Å². The van der Waals surface area contributed by atoms with Crippen molar-refractivity contribution in [1.82, 2.24) is 0 Å². The van der Waals surface area contributed by atoms with Gasteiger partial charge >= 0.3 is 11.9 Å². The quantitative estimate of drug-likeness (QED) is 0.326. The molecule has 6 rings (SSSR count). The molecule has 0 fully saturated rings. The third kappa shape index (κ3) is 5.75. The summed E-state index contributed by atoms with van der Waals surface area (Å²) < 4.78 is 33.7. The standard InChI is InChI=1S/C38H38O12/c1-7-47-27(39)15-19-13-25-29(17(3)49-19)35(43)31-23(33(25)41)11-9-21(37(31)45-5)22-10-12-24-32(38(22)46-6)36(44)30-18(4)50-20(14-26(30)34(24)42)16-28(40)48-8-2/h9-12,17-20H,7-8,13-16H2,1-6H3/t17-,18+,19-,20-/m0/s1. The number of rotatable bonds is 9. The molecule has 0 bridgehead atoms. The molecule has 0 amide bonds. The summed E-state index contributed by atoms with van der Waals surface area (Å²) in [6.07, 6.45) is -2.77. The van der Waals surface area contributed by atoms with E-state index in [4.69, 9.17) is 28.4 Å². The van der Waals surface area contributed by atoms with Crippen LogP contribution in [0.2, 0.25) is 0 Å². The Morgan fingerprint density at radius 1 is 0.620 bits per heavy atom. The summed E-state index contributed by atoms with van der Waals surface area (Å²) in [7, 11) is 2.75. The lowest BCUT2D eigenvalue weighted by atomic mass is 9.75. The van der Waals surface area contributed by atoms with Crippen molar-refractivity contribution >= 4 is 35.1 Å². The molecule has 2 aliphatic carbocycles. The molecule has 0 unspecified atom stereocenters. The van der Waals surface area contributed by atoms with Crippen LogP contribution in [0.1, 0.15) is 94.8 Å². The van der Waals surface area contributed by atoms with E-state index in [9.17, 15) is 28.8 Å². The highest BCUT2D eigenvalue weighted by Crippen LogP contribution is 2.48. The van der Waals surface area contributed by atoms with Gasteiger partial charge < -0.3 is 28.4 Å². The maximum atomic E-state index is 14.2. The first-order chi connectivity index (χ1) is 23.9. The Morgan fingerprint density at radius 3 is 1.32 bits per heavy atom. The number of esters is 2. The summed E-state index contributed by atoms with van der Waals surface area (Å²) in [5.41, 5.74) is 2.07. The minimum absolute atomic E-state index is 0.0437. The highest BCUT2D eigenvalue weighted by Gasteiger charge is 2.45. The SMILES string of the molecule is CCOC(=O)C[C@@H]1CC2=C(C(=O)c3c(ccc(-c4ccc5c(c4OC)C(=O)C4=C(C[C@@H](CC(=O)OCC)O[C@@H]4C)C5=O)c3OC)C2=O)[C@H](C)O1. The molecule has 0 saturated carbocycles. The molecular weight excluding hydrogens is 648 g/mol. The Morgan fingerprint density at radius 2 is 0.980 bits per heavy atom. The molecule has 2 aliphatic heterocycles. The Kier molecular flexibility index (Phi) is 9.60. The van der Waals surface area contributed by atoms with E-state index in [-0.39, 0.29) is 95.4 Å². The van der Waals surface area contributed by atoms with E-state index in [0.29, 0.717) is 22.3 Å². The normalized spacial score (nSPS) is 22.8. The molecule has 0 radical (unpaired) electrons. The average Bonchev–Trinajstić information content (AvgIpc) is 3.07. The van der Waals surface area contributed by atoms with Crippen molar-refractivity contribution in [3.8, 4) is 22.6 Å². The summed E-state index contributed by atoms with van der Waals surface area (Å²) in [6, 6.07) is 6.29. The first kappa shape index (κ1) is 34.9. The number of hydrogen-bond acceptors (Lipinski definition) is 12. The van der Waals surface area contributed by atoms with Crippen molar-refractivity contribution in [3.63, 3.8) is 0 Å². The molecule has 4 atom stereocenters. The number of fused-ring (bicyclic) bond motifs is 2.